The number of hydrogen-bond acceptors (Lipinski definition) is 3. The fourth-order valence-electron chi connectivity index (χ4n) is 1.80. The Bertz CT molecular complexity index is 171. The van der Waals surface area contributed by atoms with Crippen molar-refractivity contribution >= 4 is 0 Å². The number of likely N-dealkylation sites (N-methyl/N-ethyl adjacent to an activating group) is 1. The summed E-state index contributed by atoms with van der Waals surface area (Å²) < 4.78 is 5.30. The minimum absolute atomic E-state index is 0.646. The second-order valence-electron chi connectivity index (χ2n) is 4.99. The summed E-state index contributed by atoms with van der Waals surface area (Å²) in [6.45, 7) is 9.51. The molecule has 16 heavy (non-hydrogen) atoms. The zero-order valence-corrected chi connectivity index (χ0v) is 11.2. The standard InChI is InChI=1S/C13H28N2O/c1-4-16-9-5-8-14-10-12(2)15(3)11-13-6-7-13/h12-14H,4-11H2,1-3H3. The van der Waals surface area contributed by atoms with Gasteiger partial charge in [0.05, 0.1) is 0 Å². The smallest absolute Gasteiger partial charge is 0.0477 e. The second kappa shape index (κ2) is 8.04. The summed E-state index contributed by atoms with van der Waals surface area (Å²) in [5.41, 5.74) is 0. The third-order valence-corrected chi connectivity index (χ3v) is 3.28. The first-order valence-corrected chi connectivity index (χ1v) is 6.72. The van der Waals surface area contributed by atoms with E-state index in [1.165, 1.54) is 19.4 Å². The lowest BCUT2D eigenvalue weighted by atomic mass is 10.2. The van der Waals surface area contributed by atoms with Gasteiger partial charge in [-0.25, -0.2) is 0 Å². The molecule has 0 spiro atoms. The molecule has 0 aromatic rings. The Morgan fingerprint density at radius 1 is 1.44 bits per heavy atom. The molecule has 1 rings (SSSR count). The first-order valence-electron chi connectivity index (χ1n) is 6.72. The van der Waals surface area contributed by atoms with Gasteiger partial charge in [-0.15, -0.1) is 0 Å². The van der Waals surface area contributed by atoms with Crippen LogP contribution in [-0.2, 0) is 4.74 Å². The van der Waals surface area contributed by atoms with Gasteiger partial charge in [-0.2, -0.15) is 0 Å². The van der Waals surface area contributed by atoms with Crippen LogP contribution in [0.3, 0.4) is 0 Å². The van der Waals surface area contributed by atoms with Gasteiger partial charge in [0, 0.05) is 32.3 Å². The van der Waals surface area contributed by atoms with Crippen LogP contribution < -0.4 is 5.32 Å². The fourth-order valence-corrected chi connectivity index (χ4v) is 1.80. The van der Waals surface area contributed by atoms with E-state index in [-0.39, 0.29) is 0 Å². The van der Waals surface area contributed by atoms with E-state index in [2.05, 4.69) is 24.2 Å². The quantitative estimate of drug-likeness (QED) is 0.576. The molecular formula is C13H28N2O. The molecule has 1 atom stereocenters. The Kier molecular flexibility index (Phi) is 7.01. The van der Waals surface area contributed by atoms with E-state index in [0.717, 1.165) is 38.6 Å². The molecule has 0 radical (unpaired) electrons. The molecule has 0 heterocycles. The van der Waals surface area contributed by atoms with Gasteiger partial charge >= 0.3 is 0 Å². The molecule has 0 saturated heterocycles. The highest BCUT2D eigenvalue weighted by Gasteiger charge is 2.24. The zero-order valence-electron chi connectivity index (χ0n) is 11.2. The number of nitrogens with one attached hydrogen (secondary N) is 1. The number of ether oxygens (including phenoxy) is 1. The molecule has 1 unspecified atom stereocenters. The van der Waals surface area contributed by atoms with E-state index < -0.39 is 0 Å². The number of hydrogen-bond donors (Lipinski definition) is 1. The average molecular weight is 228 g/mol. The van der Waals surface area contributed by atoms with E-state index in [1.54, 1.807) is 0 Å². The Labute approximate surface area is 101 Å². The highest BCUT2D eigenvalue weighted by atomic mass is 16.5. The van der Waals surface area contributed by atoms with Crippen molar-refractivity contribution in [2.45, 2.75) is 39.2 Å². The molecule has 0 bridgehead atoms. The minimum atomic E-state index is 0.646. The monoisotopic (exact) mass is 228 g/mol. The summed E-state index contributed by atoms with van der Waals surface area (Å²) in [4.78, 5) is 2.48. The molecule has 96 valence electrons. The second-order valence-corrected chi connectivity index (χ2v) is 4.99. The molecule has 0 amide bonds. The molecule has 3 nitrogen and oxygen atoms in total. The van der Waals surface area contributed by atoms with Crippen LogP contribution >= 0.6 is 0 Å². The van der Waals surface area contributed by atoms with E-state index in [9.17, 15) is 0 Å². The Balaban J connectivity index is 1.90. The van der Waals surface area contributed by atoms with Crippen LogP contribution in [0, 0.1) is 5.92 Å². The summed E-state index contributed by atoms with van der Waals surface area (Å²) in [6.07, 6.45) is 4.00. The molecule has 1 fully saturated rings. The van der Waals surface area contributed by atoms with E-state index >= 15 is 0 Å². The number of nitrogens with zero attached hydrogens (tertiary/aromatic N) is 1. The maximum absolute atomic E-state index is 5.30. The molecule has 1 saturated carbocycles. The van der Waals surface area contributed by atoms with Gasteiger partial charge in [0.25, 0.3) is 0 Å². The normalized spacial score (nSPS) is 18.0. The van der Waals surface area contributed by atoms with E-state index in [0.29, 0.717) is 6.04 Å². The third-order valence-electron chi connectivity index (χ3n) is 3.28. The van der Waals surface area contributed by atoms with Crippen molar-refractivity contribution < 1.29 is 4.74 Å². The lowest BCUT2D eigenvalue weighted by molar-refractivity contribution is 0.144. The molecule has 0 aromatic heterocycles. The topological polar surface area (TPSA) is 24.5 Å². The summed E-state index contributed by atoms with van der Waals surface area (Å²) in [7, 11) is 2.24. The molecule has 1 N–H and O–H groups in total. The highest BCUT2D eigenvalue weighted by Crippen LogP contribution is 2.29. The molecule has 0 aliphatic heterocycles. The SMILES string of the molecule is CCOCCCNCC(C)N(C)CC1CC1. The van der Waals surface area contributed by atoms with Crippen LogP contribution in [0.5, 0.6) is 0 Å². The molecule has 1 aliphatic rings. The lowest BCUT2D eigenvalue weighted by Gasteiger charge is -2.24. The van der Waals surface area contributed by atoms with Gasteiger partial charge in [0.1, 0.15) is 0 Å². The summed E-state index contributed by atoms with van der Waals surface area (Å²) in [5.74, 6) is 0.991. The van der Waals surface area contributed by atoms with E-state index in [1.807, 2.05) is 6.92 Å². The summed E-state index contributed by atoms with van der Waals surface area (Å²) in [5, 5.41) is 3.50. The van der Waals surface area contributed by atoms with Crippen molar-refractivity contribution in [3.05, 3.63) is 0 Å². The van der Waals surface area contributed by atoms with Crippen molar-refractivity contribution in [2.75, 3.05) is 39.9 Å². The van der Waals surface area contributed by atoms with Gasteiger partial charge in [-0.1, -0.05) is 0 Å². The van der Waals surface area contributed by atoms with Gasteiger partial charge < -0.3 is 15.0 Å². The van der Waals surface area contributed by atoms with Crippen molar-refractivity contribution in [3.8, 4) is 0 Å². The van der Waals surface area contributed by atoms with Gasteiger partial charge in [-0.05, 0) is 52.6 Å². The van der Waals surface area contributed by atoms with Gasteiger partial charge in [0.2, 0.25) is 0 Å². The van der Waals surface area contributed by atoms with Crippen LogP contribution in [0.1, 0.15) is 33.1 Å². The van der Waals surface area contributed by atoms with Gasteiger partial charge in [-0.3, -0.25) is 0 Å². The largest absolute Gasteiger partial charge is 0.382 e. The molecular weight excluding hydrogens is 200 g/mol. The summed E-state index contributed by atoms with van der Waals surface area (Å²) in [6, 6.07) is 0.646. The number of rotatable bonds is 10. The van der Waals surface area contributed by atoms with Crippen LogP contribution in [0.15, 0.2) is 0 Å². The van der Waals surface area contributed by atoms with Gasteiger partial charge in [0.15, 0.2) is 0 Å². The first kappa shape index (κ1) is 13.9. The maximum Gasteiger partial charge on any atom is 0.0477 e. The van der Waals surface area contributed by atoms with Crippen LogP contribution in [-0.4, -0.2) is 50.8 Å². The predicted octanol–water partition coefficient (Wildman–Crippen LogP) is 1.73. The Morgan fingerprint density at radius 2 is 2.19 bits per heavy atom. The predicted molar refractivity (Wildman–Crippen MR) is 68.8 cm³/mol. The Hall–Kier alpha value is -0.120. The van der Waals surface area contributed by atoms with Crippen molar-refractivity contribution in [1.82, 2.24) is 10.2 Å². The highest BCUT2D eigenvalue weighted by molar-refractivity contribution is 4.78. The zero-order chi connectivity index (χ0) is 11.8. The van der Waals surface area contributed by atoms with Crippen LogP contribution in [0.2, 0.25) is 0 Å². The average Bonchev–Trinajstić information content (AvgIpc) is 3.06. The van der Waals surface area contributed by atoms with Crippen molar-refractivity contribution in [3.63, 3.8) is 0 Å². The van der Waals surface area contributed by atoms with Crippen LogP contribution in [0.25, 0.3) is 0 Å². The summed E-state index contributed by atoms with van der Waals surface area (Å²) >= 11 is 0. The maximum atomic E-state index is 5.30. The molecule has 1 aliphatic carbocycles. The third kappa shape index (κ3) is 6.46. The van der Waals surface area contributed by atoms with Crippen molar-refractivity contribution in [1.29, 1.82) is 0 Å². The molecule has 3 heteroatoms. The van der Waals surface area contributed by atoms with Crippen molar-refractivity contribution in [2.24, 2.45) is 5.92 Å². The fraction of sp³-hybridized carbons (Fsp3) is 1.00. The minimum Gasteiger partial charge on any atom is -0.382 e. The first-order chi connectivity index (χ1) is 7.74. The van der Waals surface area contributed by atoms with Crippen LogP contribution in [0.4, 0.5) is 0 Å². The van der Waals surface area contributed by atoms with E-state index in [4.69, 9.17) is 4.74 Å². The lowest BCUT2D eigenvalue weighted by Crippen LogP contribution is -2.39. The Morgan fingerprint density at radius 3 is 2.81 bits per heavy atom. The molecule has 0 aromatic carbocycles.